The predicted octanol–water partition coefficient (Wildman–Crippen LogP) is 6.14. The molecule has 0 aromatic rings. The summed E-state index contributed by atoms with van der Waals surface area (Å²) in [6.07, 6.45) is 23.6. The van der Waals surface area contributed by atoms with Crippen LogP contribution in [0, 0.1) is 0 Å². The molecule has 0 atom stereocenters. The molecule has 0 saturated heterocycles. The minimum atomic E-state index is -4.67. The van der Waals surface area contributed by atoms with Gasteiger partial charge in [-0.2, -0.15) is 16.8 Å². The average Bonchev–Trinajstić information content (AvgIpc) is 2.70. The van der Waals surface area contributed by atoms with Crippen molar-refractivity contribution in [3.05, 3.63) is 0 Å². The van der Waals surface area contributed by atoms with Crippen LogP contribution in [0.5, 0.6) is 0 Å². The van der Waals surface area contributed by atoms with Gasteiger partial charge in [-0.25, -0.2) is 4.18 Å². The van der Waals surface area contributed by atoms with E-state index in [0.717, 1.165) is 12.8 Å². The standard InChI is InChI=1S/C12H26O4S.C10H21.Li.Na.H2O4S.H/c1-2-3-4-5-6-7-8-9-10-11-12-16-17(13,14)15;1-3-5-7-9-10-8-6-4-2;;;1-5(2,3)4;/h2-12H2,1H3,(H,13,14,15);1,3-10H2,2H3;;;(H2,1,2,3,4);. The number of hydrogen-bond donors (Lipinski definition) is 3. The average molecular weight is 537 g/mol. The van der Waals surface area contributed by atoms with Crippen molar-refractivity contribution in [2.75, 3.05) is 6.61 Å². The molecule has 0 aliphatic rings. The molecule has 0 amide bonds. The Labute approximate surface area is 240 Å². The Morgan fingerprint density at radius 2 is 0.824 bits per heavy atom. The molecule has 0 aliphatic carbocycles. The number of hydrogen-bond acceptors (Lipinski definition) is 5. The van der Waals surface area contributed by atoms with Gasteiger partial charge in [-0.3, -0.25) is 13.7 Å². The van der Waals surface area contributed by atoms with Crippen LogP contribution in [0.1, 0.15) is 129 Å². The molecule has 0 spiro atoms. The summed E-state index contributed by atoms with van der Waals surface area (Å²) in [4.78, 5) is 0. The molecule has 0 aromatic carbocycles. The van der Waals surface area contributed by atoms with Crippen molar-refractivity contribution in [3.8, 4) is 0 Å². The Bertz CT molecular complexity index is 559. The third-order valence-electron chi connectivity index (χ3n) is 4.94. The third-order valence-corrected chi connectivity index (χ3v) is 6.11. The van der Waals surface area contributed by atoms with Crippen LogP contribution in [-0.2, 0) is 25.0 Å². The van der Waals surface area contributed by atoms with Crippen LogP contribution in [0.25, 0.3) is 0 Å². The first-order valence-electron chi connectivity index (χ1n) is 12.8. The van der Waals surface area contributed by atoms with E-state index in [1.165, 1.54) is 128 Å². The first kappa shape index (κ1) is 42.4. The van der Waals surface area contributed by atoms with Gasteiger partial charge in [0.15, 0.2) is 0 Å². The Hall–Kier alpha value is 1.34. The second kappa shape index (κ2) is 32.4. The van der Waals surface area contributed by atoms with Crippen LogP contribution in [0.2, 0.25) is 3.67 Å². The zero-order valence-corrected chi connectivity index (χ0v) is 25.0. The Balaban J connectivity index is -0.000000227. The second-order valence-electron chi connectivity index (χ2n) is 8.35. The summed E-state index contributed by atoms with van der Waals surface area (Å²) in [7, 11) is -8.90. The van der Waals surface area contributed by atoms with E-state index in [4.69, 9.17) is 22.1 Å². The SMILES string of the molecule is CCCCCCCCCCCCOS(=O)(=O)O.CCCCCCCCC[CH2][Na].O=S(=O)(O)O.[LiH]. The summed E-state index contributed by atoms with van der Waals surface area (Å²) in [5, 5.41) is 0. The van der Waals surface area contributed by atoms with Crippen LogP contribution in [0.3, 0.4) is 0 Å². The number of rotatable bonds is 20. The predicted molar refractivity (Wildman–Crippen MR) is 144 cm³/mol. The Kier molecular flexibility index (Phi) is 40.4. The topological polar surface area (TPSA) is 138 Å². The summed E-state index contributed by atoms with van der Waals surface area (Å²) < 4.78 is 66.1. The Morgan fingerprint density at radius 1 is 0.559 bits per heavy atom. The maximum absolute atomic E-state index is 10.2. The van der Waals surface area contributed by atoms with Gasteiger partial charge in [-0.05, 0) is 6.42 Å². The maximum atomic E-state index is 10.2. The van der Waals surface area contributed by atoms with Crippen molar-refractivity contribution < 1.29 is 34.7 Å². The van der Waals surface area contributed by atoms with Crippen molar-refractivity contribution in [2.45, 2.75) is 133 Å². The summed E-state index contributed by atoms with van der Waals surface area (Å²) in [5.41, 5.74) is 0. The fourth-order valence-corrected chi connectivity index (χ4v) is 3.97. The van der Waals surface area contributed by atoms with E-state index in [0.29, 0.717) is 6.42 Å². The molecule has 0 bridgehead atoms. The van der Waals surface area contributed by atoms with Crippen LogP contribution in [0.15, 0.2) is 0 Å². The van der Waals surface area contributed by atoms with E-state index in [2.05, 4.69) is 18.0 Å². The summed E-state index contributed by atoms with van der Waals surface area (Å²) in [6, 6.07) is 0. The fourth-order valence-electron chi connectivity index (χ4n) is 3.14. The molecule has 0 aromatic heterocycles. The van der Waals surface area contributed by atoms with Crippen molar-refractivity contribution in [2.24, 2.45) is 0 Å². The van der Waals surface area contributed by atoms with Crippen molar-refractivity contribution in [1.82, 2.24) is 0 Å². The molecule has 0 heterocycles. The van der Waals surface area contributed by atoms with Gasteiger partial charge in [0, 0.05) is 0 Å². The third kappa shape index (κ3) is 64.0. The van der Waals surface area contributed by atoms with E-state index in [-0.39, 0.29) is 25.5 Å². The first-order valence-corrected chi connectivity index (χ1v) is 17.0. The van der Waals surface area contributed by atoms with Crippen molar-refractivity contribution >= 4 is 67.6 Å². The molecule has 8 nitrogen and oxygen atoms in total. The van der Waals surface area contributed by atoms with Crippen molar-refractivity contribution in [3.63, 3.8) is 0 Å². The van der Waals surface area contributed by atoms with Gasteiger partial charge < -0.3 is 0 Å². The van der Waals surface area contributed by atoms with Crippen LogP contribution in [-0.4, -0.2) is 83.9 Å². The first-order chi connectivity index (χ1) is 15.5. The molecule has 0 saturated carbocycles. The zero-order chi connectivity index (χ0) is 25.8. The van der Waals surface area contributed by atoms with E-state index < -0.39 is 20.8 Å². The van der Waals surface area contributed by atoms with Gasteiger partial charge in [-0.15, -0.1) is 0 Å². The van der Waals surface area contributed by atoms with Crippen LogP contribution in [0.4, 0.5) is 0 Å². The van der Waals surface area contributed by atoms with E-state index in [9.17, 15) is 8.42 Å². The van der Waals surface area contributed by atoms with Crippen LogP contribution < -0.4 is 0 Å². The number of unbranched alkanes of at least 4 members (excludes halogenated alkanes) is 16. The van der Waals surface area contributed by atoms with Crippen LogP contribution >= 0.6 is 0 Å². The van der Waals surface area contributed by atoms with Gasteiger partial charge in [0.1, 0.15) is 0 Å². The summed E-state index contributed by atoms with van der Waals surface area (Å²) >= 11 is 1.41. The fraction of sp³-hybridized carbons (Fsp3) is 1.00. The minimum absolute atomic E-state index is 0. The quantitative estimate of drug-likeness (QED) is 0.0958. The zero-order valence-electron chi connectivity index (χ0n) is 21.3. The molecule has 0 radical (unpaired) electrons. The molecular weight excluding hydrogens is 486 g/mol. The molecule has 0 fully saturated rings. The van der Waals surface area contributed by atoms with Gasteiger partial charge >= 0.3 is 130 Å². The van der Waals surface area contributed by atoms with Gasteiger partial charge in [0.2, 0.25) is 0 Å². The molecule has 0 unspecified atom stereocenters. The monoisotopic (exact) mass is 536 g/mol. The molecule has 0 aliphatic heterocycles. The van der Waals surface area contributed by atoms with E-state index >= 15 is 0 Å². The summed E-state index contributed by atoms with van der Waals surface area (Å²) in [5.74, 6) is 0. The molecular formula is C22H50LiNaO8S2. The molecule has 12 heteroatoms. The van der Waals surface area contributed by atoms with E-state index in [1.807, 2.05) is 0 Å². The van der Waals surface area contributed by atoms with Crippen molar-refractivity contribution in [1.29, 1.82) is 0 Å². The summed E-state index contributed by atoms with van der Waals surface area (Å²) in [6.45, 7) is 4.59. The van der Waals surface area contributed by atoms with Gasteiger partial charge in [-0.1, -0.05) is 64.7 Å². The molecule has 200 valence electrons. The molecule has 0 rings (SSSR count). The molecule has 34 heavy (non-hydrogen) atoms. The molecule has 3 N–H and O–H groups in total. The van der Waals surface area contributed by atoms with Gasteiger partial charge in [0.05, 0.1) is 6.61 Å². The van der Waals surface area contributed by atoms with E-state index in [1.54, 1.807) is 0 Å². The second-order valence-corrected chi connectivity index (χ2v) is 11.3. The van der Waals surface area contributed by atoms with Gasteiger partial charge in [0.25, 0.3) is 0 Å². The Morgan fingerprint density at radius 3 is 1.09 bits per heavy atom. The normalized spacial score (nSPS) is 11.0.